The van der Waals surface area contributed by atoms with Crippen LogP contribution in [0.15, 0.2) is 22.7 Å². The molecular weight excluding hydrogens is 322 g/mol. The van der Waals surface area contributed by atoms with Gasteiger partial charge in [-0.15, -0.1) is 0 Å². The van der Waals surface area contributed by atoms with E-state index in [0.717, 1.165) is 25.7 Å². The second-order valence-corrected chi connectivity index (χ2v) is 5.80. The molecule has 6 nitrogen and oxygen atoms in total. The van der Waals surface area contributed by atoms with Gasteiger partial charge in [-0.05, 0) is 37.8 Å². The number of nitrogens with zero attached hydrogens (tertiary/aromatic N) is 1. The number of aromatic carboxylic acids is 1. The number of carboxylic acid groups (broad SMARTS) is 1. The van der Waals surface area contributed by atoms with Gasteiger partial charge in [0.05, 0.1) is 18.2 Å². The number of methoxy groups -OCH3 is 1. The number of halogens is 1. The number of hydrogen-bond acceptors (Lipinski definition) is 5. The van der Waals surface area contributed by atoms with Gasteiger partial charge in [-0.25, -0.2) is 4.79 Å². The maximum absolute atomic E-state index is 10.9. The van der Waals surface area contributed by atoms with Gasteiger partial charge in [0.2, 0.25) is 0 Å². The smallest absolute Gasteiger partial charge is 0.358 e. The van der Waals surface area contributed by atoms with Crippen LogP contribution in [0.1, 0.15) is 36.2 Å². The summed E-state index contributed by atoms with van der Waals surface area (Å²) in [5.41, 5.74) is 0.425. The zero-order valence-electron chi connectivity index (χ0n) is 12.5. The Balaban J connectivity index is 1.96. The van der Waals surface area contributed by atoms with Crippen molar-refractivity contribution < 1.29 is 23.9 Å². The molecule has 2 aromatic rings. The molecule has 1 aliphatic rings. The van der Waals surface area contributed by atoms with Crippen molar-refractivity contribution in [1.82, 2.24) is 5.16 Å². The van der Waals surface area contributed by atoms with E-state index in [2.05, 4.69) is 5.16 Å². The minimum absolute atomic E-state index is 0.138. The molecule has 0 aliphatic heterocycles. The average molecular weight is 338 g/mol. The molecule has 3 rings (SSSR count). The normalized spacial score (nSPS) is 14.9. The van der Waals surface area contributed by atoms with Crippen molar-refractivity contribution in [2.24, 2.45) is 0 Å². The van der Waals surface area contributed by atoms with Gasteiger partial charge >= 0.3 is 5.97 Å². The summed E-state index contributed by atoms with van der Waals surface area (Å²) < 4.78 is 16.4. The fourth-order valence-corrected chi connectivity index (χ4v) is 2.98. The maximum atomic E-state index is 10.9. The number of rotatable bonds is 5. The molecule has 1 aliphatic carbocycles. The Kier molecular flexibility index (Phi) is 4.43. The lowest BCUT2D eigenvalue weighted by atomic mass is 10.1. The molecule has 0 radical (unpaired) electrons. The Morgan fingerprint density at radius 3 is 2.70 bits per heavy atom. The van der Waals surface area contributed by atoms with Crippen molar-refractivity contribution in [2.75, 3.05) is 7.11 Å². The summed E-state index contributed by atoms with van der Waals surface area (Å²) in [6.45, 7) is 0. The van der Waals surface area contributed by atoms with Crippen molar-refractivity contribution in [1.29, 1.82) is 0 Å². The highest BCUT2D eigenvalue weighted by atomic mass is 35.5. The van der Waals surface area contributed by atoms with Crippen molar-refractivity contribution in [3.8, 4) is 22.8 Å². The first-order chi connectivity index (χ1) is 11.1. The van der Waals surface area contributed by atoms with Crippen molar-refractivity contribution in [2.45, 2.75) is 31.8 Å². The standard InChI is InChI=1S/C16H16ClNO5/c1-21-15-11(17)6-9(13-8-12(16(19)20)18-23-13)7-14(15)22-10-4-2-3-5-10/h6-8,10H,2-5H2,1H3,(H,19,20). The second-order valence-electron chi connectivity index (χ2n) is 5.40. The minimum Gasteiger partial charge on any atom is -0.491 e. The maximum Gasteiger partial charge on any atom is 0.358 e. The van der Waals surface area contributed by atoms with E-state index >= 15 is 0 Å². The topological polar surface area (TPSA) is 81.8 Å². The summed E-state index contributed by atoms with van der Waals surface area (Å²) in [5.74, 6) is 0.140. The molecular formula is C16H16ClNO5. The lowest BCUT2D eigenvalue weighted by Crippen LogP contribution is -2.11. The minimum atomic E-state index is -1.15. The number of carboxylic acids is 1. The van der Waals surface area contributed by atoms with Crippen LogP contribution in [0, 0.1) is 0 Å². The van der Waals surface area contributed by atoms with Crippen LogP contribution in [-0.2, 0) is 0 Å². The van der Waals surface area contributed by atoms with Crippen molar-refractivity contribution in [3.05, 3.63) is 28.9 Å². The summed E-state index contributed by atoms with van der Waals surface area (Å²) in [4.78, 5) is 10.9. The first-order valence-electron chi connectivity index (χ1n) is 7.33. The van der Waals surface area contributed by atoms with E-state index in [-0.39, 0.29) is 11.8 Å². The van der Waals surface area contributed by atoms with Crippen LogP contribution in [-0.4, -0.2) is 29.4 Å². The van der Waals surface area contributed by atoms with Gasteiger partial charge in [0.25, 0.3) is 0 Å². The molecule has 7 heteroatoms. The van der Waals surface area contributed by atoms with Crippen LogP contribution in [0.5, 0.6) is 11.5 Å². The van der Waals surface area contributed by atoms with E-state index in [4.69, 9.17) is 30.7 Å². The van der Waals surface area contributed by atoms with Crippen LogP contribution < -0.4 is 9.47 Å². The lowest BCUT2D eigenvalue weighted by molar-refractivity contribution is 0.0686. The van der Waals surface area contributed by atoms with Gasteiger partial charge in [-0.1, -0.05) is 16.8 Å². The van der Waals surface area contributed by atoms with Crippen molar-refractivity contribution in [3.63, 3.8) is 0 Å². The third kappa shape index (κ3) is 3.27. The predicted octanol–water partition coefficient (Wildman–Crippen LogP) is 4.02. The fraction of sp³-hybridized carbons (Fsp3) is 0.375. The van der Waals surface area contributed by atoms with Gasteiger partial charge in [-0.3, -0.25) is 0 Å². The molecule has 0 unspecified atom stereocenters. The molecule has 0 bridgehead atoms. The van der Waals surface area contributed by atoms with Gasteiger partial charge in [0.1, 0.15) is 0 Å². The summed E-state index contributed by atoms with van der Waals surface area (Å²) in [6.07, 6.45) is 4.42. The fourth-order valence-electron chi connectivity index (χ4n) is 2.69. The van der Waals surface area contributed by atoms with Crippen molar-refractivity contribution >= 4 is 17.6 Å². The highest BCUT2D eigenvalue weighted by Crippen LogP contribution is 2.41. The Morgan fingerprint density at radius 2 is 2.09 bits per heavy atom. The number of hydrogen-bond donors (Lipinski definition) is 1. The first kappa shape index (κ1) is 15.7. The highest BCUT2D eigenvalue weighted by molar-refractivity contribution is 6.32. The Hall–Kier alpha value is -2.21. The number of aromatic nitrogens is 1. The third-order valence-corrected chi connectivity index (χ3v) is 4.10. The number of ether oxygens (including phenoxy) is 2. The van der Waals surface area contributed by atoms with E-state index in [1.807, 2.05) is 0 Å². The molecule has 0 saturated heterocycles. The van der Waals surface area contributed by atoms with Gasteiger partial charge in [0.15, 0.2) is 23.0 Å². The zero-order valence-corrected chi connectivity index (χ0v) is 13.3. The quantitative estimate of drug-likeness (QED) is 0.887. The SMILES string of the molecule is COc1c(Cl)cc(-c2cc(C(=O)O)no2)cc1OC1CCCC1. The van der Waals surface area contributed by atoms with E-state index < -0.39 is 5.97 Å². The van der Waals surface area contributed by atoms with Crippen LogP contribution in [0.4, 0.5) is 0 Å². The van der Waals surface area contributed by atoms with Gasteiger partial charge in [0, 0.05) is 11.6 Å². The van der Waals surface area contributed by atoms with Gasteiger partial charge in [-0.2, -0.15) is 0 Å². The summed E-state index contributed by atoms with van der Waals surface area (Å²) in [7, 11) is 1.53. The average Bonchev–Trinajstić information content (AvgIpc) is 3.18. The molecule has 1 saturated carbocycles. The van der Waals surface area contributed by atoms with Gasteiger partial charge < -0.3 is 19.1 Å². The van der Waals surface area contributed by atoms with Crippen LogP contribution in [0.3, 0.4) is 0 Å². The summed E-state index contributed by atoms with van der Waals surface area (Å²) in [6, 6.07) is 4.71. The number of benzene rings is 1. The van der Waals surface area contributed by atoms with E-state index in [0.29, 0.717) is 27.8 Å². The molecule has 1 aromatic heterocycles. The molecule has 0 atom stereocenters. The van der Waals surface area contributed by atoms with Crippen LogP contribution in [0.25, 0.3) is 11.3 Å². The molecule has 23 heavy (non-hydrogen) atoms. The molecule has 1 fully saturated rings. The molecule has 1 heterocycles. The Bertz CT molecular complexity index is 721. The molecule has 122 valence electrons. The van der Waals surface area contributed by atoms with Crippen LogP contribution >= 0.6 is 11.6 Å². The van der Waals surface area contributed by atoms with E-state index in [1.54, 1.807) is 12.1 Å². The van der Waals surface area contributed by atoms with Crippen LogP contribution in [0.2, 0.25) is 5.02 Å². The second kappa shape index (κ2) is 6.50. The van der Waals surface area contributed by atoms with E-state index in [1.165, 1.54) is 13.2 Å². The largest absolute Gasteiger partial charge is 0.491 e. The summed E-state index contributed by atoms with van der Waals surface area (Å²) >= 11 is 6.26. The predicted molar refractivity (Wildman–Crippen MR) is 83.3 cm³/mol. The molecule has 1 aromatic carbocycles. The molecule has 0 amide bonds. The Morgan fingerprint density at radius 1 is 1.35 bits per heavy atom. The summed E-state index contributed by atoms with van der Waals surface area (Å²) in [5, 5.41) is 12.8. The zero-order chi connectivity index (χ0) is 16.4. The Labute approximate surface area is 137 Å². The monoisotopic (exact) mass is 337 g/mol. The molecule has 0 spiro atoms. The third-order valence-electron chi connectivity index (χ3n) is 3.82. The number of carbonyl (C=O) groups is 1. The molecule has 1 N–H and O–H groups in total. The first-order valence-corrected chi connectivity index (χ1v) is 7.71. The highest BCUT2D eigenvalue weighted by Gasteiger charge is 2.22. The lowest BCUT2D eigenvalue weighted by Gasteiger charge is -2.17. The van der Waals surface area contributed by atoms with E-state index in [9.17, 15) is 4.79 Å².